The zero-order valence-corrected chi connectivity index (χ0v) is 19.3. The fourth-order valence-corrected chi connectivity index (χ4v) is 2.40. The second-order valence-electron chi connectivity index (χ2n) is 6.45. The minimum atomic E-state index is -0.230. The topological polar surface area (TPSA) is 66.0 Å². The molecule has 2 rings (SSSR count). The second-order valence-corrected chi connectivity index (χ2v) is 6.45. The molecule has 0 fully saturated rings. The smallest absolute Gasteiger partial charge is 0.259 e. The van der Waals surface area contributed by atoms with E-state index >= 15 is 0 Å². The molecule has 0 aromatic heterocycles. The highest BCUT2D eigenvalue weighted by Gasteiger charge is 2.06. The summed E-state index contributed by atoms with van der Waals surface area (Å²) in [6, 6.07) is 14.0. The largest absolute Gasteiger partial charge is 0.484 e. The molecular formula is C21H28FIN4O2. The first-order valence-corrected chi connectivity index (χ1v) is 9.09. The SMILES string of the molecule is CN=C(NCCc1ccc(F)cc1)NCc1cccc(OCC(=O)N(C)C)c1.I. The van der Waals surface area contributed by atoms with Crippen LogP contribution in [0.25, 0.3) is 0 Å². The molecule has 0 aliphatic heterocycles. The summed E-state index contributed by atoms with van der Waals surface area (Å²) in [5, 5.41) is 6.47. The Kier molecular flexibility index (Phi) is 11.0. The van der Waals surface area contributed by atoms with Crippen LogP contribution in [0.3, 0.4) is 0 Å². The maximum atomic E-state index is 12.9. The van der Waals surface area contributed by atoms with Gasteiger partial charge in [-0.2, -0.15) is 0 Å². The number of likely N-dealkylation sites (N-methyl/N-ethyl adjacent to an activating group) is 1. The molecule has 158 valence electrons. The third-order valence-electron chi connectivity index (χ3n) is 4.06. The quantitative estimate of drug-likeness (QED) is 0.323. The van der Waals surface area contributed by atoms with Crippen molar-refractivity contribution in [2.24, 2.45) is 4.99 Å². The van der Waals surface area contributed by atoms with Crippen molar-refractivity contribution in [3.8, 4) is 5.75 Å². The van der Waals surface area contributed by atoms with Gasteiger partial charge in [-0.05, 0) is 41.8 Å². The van der Waals surface area contributed by atoms with Crippen LogP contribution in [-0.4, -0.2) is 51.1 Å². The third-order valence-corrected chi connectivity index (χ3v) is 4.06. The summed E-state index contributed by atoms with van der Waals surface area (Å²) in [6.45, 7) is 1.26. The van der Waals surface area contributed by atoms with Gasteiger partial charge in [0.15, 0.2) is 12.6 Å². The van der Waals surface area contributed by atoms with E-state index in [0.717, 1.165) is 17.5 Å². The van der Waals surface area contributed by atoms with E-state index in [4.69, 9.17) is 4.74 Å². The van der Waals surface area contributed by atoms with Gasteiger partial charge in [0.1, 0.15) is 11.6 Å². The molecule has 0 saturated carbocycles. The Hall–Kier alpha value is -2.36. The van der Waals surface area contributed by atoms with Crippen LogP contribution in [0.4, 0.5) is 4.39 Å². The summed E-state index contributed by atoms with van der Waals surface area (Å²) in [4.78, 5) is 17.3. The molecular weight excluding hydrogens is 486 g/mol. The van der Waals surface area contributed by atoms with Crippen LogP contribution in [-0.2, 0) is 17.8 Å². The van der Waals surface area contributed by atoms with E-state index in [2.05, 4.69) is 15.6 Å². The first-order valence-electron chi connectivity index (χ1n) is 9.09. The van der Waals surface area contributed by atoms with E-state index < -0.39 is 0 Å². The summed E-state index contributed by atoms with van der Waals surface area (Å²) in [6.07, 6.45) is 0.768. The van der Waals surface area contributed by atoms with Crippen LogP contribution >= 0.6 is 24.0 Å². The number of rotatable bonds is 8. The molecule has 1 amide bonds. The number of hydrogen-bond acceptors (Lipinski definition) is 3. The van der Waals surface area contributed by atoms with Gasteiger partial charge < -0.3 is 20.3 Å². The van der Waals surface area contributed by atoms with Crippen LogP contribution in [0.5, 0.6) is 5.75 Å². The van der Waals surface area contributed by atoms with Gasteiger partial charge >= 0.3 is 0 Å². The number of guanidine groups is 1. The van der Waals surface area contributed by atoms with Gasteiger partial charge in [0.2, 0.25) is 0 Å². The first-order chi connectivity index (χ1) is 13.5. The number of hydrogen-bond donors (Lipinski definition) is 2. The number of nitrogens with zero attached hydrogens (tertiary/aromatic N) is 2. The van der Waals surface area contributed by atoms with E-state index in [1.807, 2.05) is 24.3 Å². The van der Waals surface area contributed by atoms with Gasteiger partial charge in [-0.1, -0.05) is 24.3 Å². The van der Waals surface area contributed by atoms with Crippen molar-refractivity contribution < 1.29 is 13.9 Å². The van der Waals surface area contributed by atoms with Crippen molar-refractivity contribution >= 4 is 35.8 Å². The van der Waals surface area contributed by atoms with Crippen LogP contribution in [0, 0.1) is 5.82 Å². The van der Waals surface area contributed by atoms with E-state index in [9.17, 15) is 9.18 Å². The monoisotopic (exact) mass is 514 g/mol. The molecule has 29 heavy (non-hydrogen) atoms. The lowest BCUT2D eigenvalue weighted by atomic mass is 10.1. The number of carbonyl (C=O) groups excluding carboxylic acids is 1. The fourth-order valence-electron chi connectivity index (χ4n) is 2.40. The van der Waals surface area contributed by atoms with E-state index in [-0.39, 0.29) is 42.3 Å². The van der Waals surface area contributed by atoms with E-state index in [0.29, 0.717) is 24.8 Å². The lowest BCUT2D eigenvalue weighted by molar-refractivity contribution is -0.130. The van der Waals surface area contributed by atoms with Crippen molar-refractivity contribution in [2.75, 3.05) is 34.3 Å². The summed E-state index contributed by atoms with van der Waals surface area (Å²) in [5.74, 6) is 1.01. The van der Waals surface area contributed by atoms with Gasteiger partial charge in [0, 0.05) is 34.2 Å². The highest BCUT2D eigenvalue weighted by atomic mass is 127. The highest BCUT2D eigenvalue weighted by molar-refractivity contribution is 14.0. The molecule has 0 unspecified atom stereocenters. The van der Waals surface area contributed by atoms with Crippen molar-refractivity contribution in [3.63, 3.8) is 0 Å². The molecule has 8 heteroatoms. The van der Waals surface area contributed by atoms with Crippen molar-refractivity contribution in [1.29, 1.82) is 0 Å². The van der Waals surface area contributed by atoms with E-state index in [1.54, 1.807) is 33.3 Å². The summed E-state index contributed by atoms with van der Waals surface area (Å²) < 4.78 is 18.5. The average Bonchev–Trinajstić information content (AvgIpc) is 2.70. The molecule has 0 bridgehead atoms. The number of carbonyl (C=O) groups is 1. The molecule has 0 aliphatic rings. The van der Waals surface area contributed by atoms with Gasteiger partial charge in [0.05, 0.1) is 0 Å². The maximum absolute atomic E-state index is 12.9. The molecule has 0 spiro atoms. The Labute approximate surface area is 188 Å². The summed E-state index contributed by atoms with van der Waals surface area (Å²) >= 11 is 0. The number of nitrogens with one attached hydrogen (secondary N) is 2. The van der Waals surface area contributed by atoms with Gasteiger partial charge in [-0.25, -0.2) is 4.39 Å². The van der Waals surface area contributed by atoms with Crippen molar-refractivity contribution in [3.05, 3.63) is 65.5 Å². The lowest BCUT2D eigenvalue weighted by Gasteiger charge is -2.14. The molecule has 2 N–H and O–H groups in total. The second kappa shape index (κ2) is 13.0. The average molecular weight is 514 g/mol. The van der Waals surface area contributed by atoms with Crippen LogP contribution in [0.1, 0.15) is 11.1 Å². The lowest BCUT2D eigenvalue weighted by Crippen LogP contribution is -2.37. The molecule has 0 aliphatic carbocycles. The number of halogens is 2. The fraction of sp³-hybridized carbons (Fsp3) is 0.333. The molecule has 6 nitrogen and oxygen atoms in total. The number of ether oxygens (including phenoxy) is 1. The zero-order chi connectivity index (χ0) is 20.4. The van der Waals surface area contributed by atoms with Crippen molar-refractivity contribution in [1.82, 2.24) is 15.5 Å². The molecule has 0 radical (unpaired) electrons. The maximum Gasteiger partial charge on any atom is 0.259 e. The van der Waals surface area contributed by atoms with Crippen LogP contribution in [0.2, 0.25) is 0 Å². The predicted molar refractivity (Wildman–Crippen MR) is 124 cm³/mol. The Morgan fingerprint density at radius 3 is 2.48 bits per heavy atom. The zero-order valence-electron chi connectivity index (χ0n) is 16.9. The summed E-state index contributed by atoms with van der Waals surface area (Å²) in [7, 11) is 5.10. The molecule has 2 aromatic carbocycles. The van der Waals surface area contributed by atoms with Gasteiger partial charge in [-0.15, -0.1) is 24.0 Å². The Bertz CT molecular complexity index is 798. The highest BCUT2D eigenvalue weighted by Crippen LogP contribution is 2.13. The molecule has 0 heterocycles. The predicted octanol–water partition coefficient (Wildman–Crippen LogP) is 2.82. The van der Waals surface area contributed by atoms with E-state index in [1.165, 1.54) is 17.0 Å². The Morgan fingerprint density at radius 2 is 1.83 bits per heavy atom. The Morgan fingerprint density at radius 1 is 1.10 bits per heavy atom. The third kappa shape index (κ3) is 9.12. The van der Waals surface area contributed by atoms with Gasteiger partial charge in [-0.3, -0.25) is 9.79 Å². The number of aliphatic imine (C=N–C) groups is 1. The minimum absolute atomic E-state index is 0. The molecule has 0 atom stereocenters. The van der Waals surface area contributed by atoms with Crippen LogP contribution < -0.4 is 15.4 Å². The summed E-state index contributed by atoms with van der Waals surface area (Å²) in [5.41, 5.74) is 2.07. The molecule has 0 saturated heterocycles. The standard InChI is InChI=1S/C21H27FN4O2.HI/c1-23-21(24-12-11-16-7-9-18(22)10-8-16)25-14-17-5-4-6-19(13-17)28-15-20(27)26(2)3;/h4-10,13H,11-12,14-15H2,1-3H3,(H2,23,24,25);1H. The Balaban J connectivity index is 0.00000420. The number of benzene rings is 2. The van der Waals surface area contributed by atoms with Crippen molar-refractivity contribution in [2.45, 2.75) is 13.0 Å². The minimum Gasteiger partial charge on any atom is -0.484 e. The number of amides is 1. The molecule has 2 aromatic rings. The van der Waals surface area contributed by atoms with Gasteiger partial charge in [0.25, 0.3) is 5.91 Å². The van der Waals surface area contributed by atoms with Crippen LogP contribution in [0.15, 0.2) is 53.5 Å². The first kappa shape index (κ1) is 24.7. The normalized spacial score (nSPS) is 10.7.